The normalized spacial score (nSPS) is 12.3. The van der Waals surface area contributed by atoms with E-state index < -0.39 is 17.9 Å². The summed E-state index contributed by atoms with van der Waals surface area (Å²) in [5.41, 5.74) is 0. The van der Waals surface area contributed by atoms with Gasteiger partial charge in [-0.3, -0.25) is 4.79 Å². The fourth-order valence-electron chi connectivity index (χ4n) is 0.374. The van der Waals surface area contributed by atoms with E-state index in [1.807, 2.05) is 0 Å². The van der Waals surface area contributed by atoms with Crippen LogP contribution < -0.4 is 0 Å². The van der Waals surface area contributed by atoms with E-state index in [-0.39, 0.29) is 0 Å². The quantitative estimate of drug-likeness (QED) is 0.407. The molecule has 1 unspecified atom stereocenters. The SMILES string of the molecule is COC(=O)C(=O)C(C)OC. The molecule has 0 saturated heterocycles. The standard InChI is InChI=1S/C6H10O4/c1-4(9-2)5(7)6(8)10-3/h4H,1-3H3. The number of methoxy groups -OCH3 is 2. The van der Waals surface area contributed by atoms with Crippen LogP contribution in [0.4, 0.5) is 0 Å². The van der Waals surface area contributed by atoms with Gasteiger partial charge in [-0.25, -0.2) is 4.79 Å². The largest absolute Gasteiger partial charge is 0.463 e. The number of ketones is 1. The van der Waals surface area contributed by atoms with Crippen molar-refractivity contribution >= 4 is 11.8 Å². The van der Waals surface area contributed by atoms with Gasteiger partial charge in [0.1, 0.15) is 6.10 Å². The highest BCUT2D eigenvalue weighted by molar-refractivity contribution is 6.35. The number of esters is 1. The maximum Gasteiger partial charge on any atom is 0.377 e. The summed E-state index contributed by atoms with van der Waals surface area (Å²) in [6.07, 6.45) is -0.715. The fourth-order valence-corrected chi connectivity index (χ4v) is 0.374. The molecule has 0 aliphatic heterocycles. The van der Waals surface area contributed by atoms with Gasteiger partial charge in [0.05, 0.1) is 7.11 Å². The van der Waals surface area contributed by atoms with Crippen molar-refractivity contribution in [1.29, 1.82) is 0 Å². The number of carbonyl (C=O) groups excluding carboxylic acids is 2. The summed E-state index contributed by atoms with van der Waals surface area (Å²) in [4.78, 5) is 21.2. The molecule has 0 aliphatic carbocycles. The van der Waals surface area contributed by atoms with Crippen molar-refractivity contribution in [1.82, 2.24) is 0 Å². The smallest absolute Gasteiger partial charge is 0.377 e. The van der Waals surface area contributed by atoms with Crippen LogP contribution >= 0.6 is 0 Å². The Balaban J connectivity index is 3.95. The van der Waals surface area contributed by atoms with Crippen molar-refractivity contribution in [3.8, 4) is 0 Å². The van der Waals surface area contributed by atoms with Crippen LogP contribution in [0, 0.1) is 0 Å². The maximum absolute atomic E-state index is 10.7. The van der Waals surface area contributed by atoms with E-state index in [0.29, 0.717) is 0 Å². The zero-order chi connectivity index (χ0) is 8.15. The Kier molecular flexibility index (Phi) is 3.64. The number of ether oxygens (including phenoxy) is 2. The monoisotopic (exact) mass is 146 g/mol. The van der Waals surface area contributed by atoms with Gasteiger partial charge in [-0.2, -0.15) is 0 Å². The minimum absolute atomic E-state index is 0.662. The highest BCUT2D eigenvalue weighted by Crippen LogP contribution is 1.91. The molecule has 4 heteroatoms. The number of rotatable bonds is 3. The Bertz CT molecular complexity index is 141. The first kappa shape index (κ1) is 9.10. The first-order valence-corrected chi connectivity index (χ1v) is 2.78. The third kappa shape index (κ3) is 2.14. The number of Topliss-reactive ketones (excluding diaryl/α,β-unsaturated/α-hetero) is 1. The van der Waals surface area contributed by atoms with Crippen LogP contribution in [0.1, 0.15) is 6.92 Å². The van der Waals surface area contributed by atoms with Crippen molar-refractivity contribution in [3.05, 3.63) is 0 Å². The molecule has 0 aromatic carbocycles. The van der Waals surface area contributed by atoms with Crippen LogP contribution in [0.3, 0.4) is 0 Å². The second-order valence-electron chi connectivity index (χ2n) is 1.73. The van der Waals surface area contributed by atoms with E-state index >= 15 is 0 Å². The van der Waals surface area contributed by atoms with Gasteiger partial charge in [0, 0.05) is 7.11 Å². The van der Waals surface area contributed by atoms with Crippen LogP contribution in [-0.2, 0) is 19.1 Å². The third-order valence-electron chi connectivity index (χ3n) is 1.11. The van der Waals surface area contributed by atoms with Gasteiger partial charge in [-0.05, 0) is 6.92 Å². The average molecular weight is 146 g/mol. The van der Waals surface area contributed by atoms with E-state index in [0.717, 1.165) is 7.11 Å². The first-order chi connectivity index (χ1) is 4.63. The molecule has 0 aromatic heterocycles. The van der Waals surface area contributed by atoms with Crippen molar-refractivity contribution < 1.29 is 19.1 Å². The van der Waals surface area contributed by atoms with Gasteiger partial charge >= 0.3 is 5.97 Å². The molecule has 0 N–H and O–H groups in total. The molecule has 4 nitrogen and oxygen atoms in total. The van der Waals surface area contributed by atoms with Gasteiger partial charge in [0.2, 0.25) is 0 Å². The summed E-state index contributed by atoms with van der Waals surface area (Å²) in [6.45, 7) is 1.49. The summed E-state index contributed by atoms with van der Waals surface area (Å²) in [5, 5.41) is 0. The minimum atomic E-state index is -0.866. The predicted octanol–water partition coefficient (Wildman–Crippen LogP) is -0.237. The van der Waals surface area contributed by atoms with Crippen LogP contribution in [0.5, 0.6) is 0 Å². The van der Waals surface area contributed by atoms with Crippen molar-refractivity contribution in [3.63, 3.8) is 0 Å². The Hall–Kier alpha value is -0.900. The van der Waals surface area contributed by atoms with E-state index in [4.69, 9.17) is 0 Å². The summed E-state index contributed by atoms with van der Waals surface area (Å²) >= 11 is 0. The second kappa shape index (κ2) is 4.00. The van der Waals surface area contributed by atoms with Gasteiger partial charge in [-0.1, -0.05) is 0 Å². The number of hydrogen-bond acceptors (Lipinski definition) is 4. The van der Waals surface area contributed by atoms with Gasteiger partial charge in [-0.15, -0.1) is 0 Å². The Morgan fingerprint density at radius 2 is 1.80 bits per heavy atom. The molecule has 0 fully saturated rings. The average Bonchev–Trinajstić information content (AvgIpc) is 2.00. The van der Waals surface area contributed by atoms with E-state index in [1.54, 1.807) is 0 Å². The molecule has 0 aromatic rings. The molecule has 0 amide bonds. The lowest BCUT2D eigenvalue weighted by atomic mass is 10.3. The van der Waals surface area contributed by atoms with E-state index in [1.165, 1.54) is 14.0 Å². The molecule has 0 spiro atoms. The molecule has 10 heavy (non-hydrogen) atoms. The highest BCUT2D eigenvalue weighted by atomic mass is 16.5. The molecule has 1 atom stereocenters. The van der Waals surface area contributed by atoms with Crippen molar-refractivity contribution in [2.24, 2.45) is 0 Å². The molecule has 0 aliphatic rings. The lowest BCUT2D eigenvalue weighted by Crippen LogP contribution is -2.28. The Morgan fingerprint density at radius 1 is 1.30 bits per heavy atom. The van der Waals surface area contributed by atoms with Crippen molar-refractivity contribution in [2.75, 3.05) is 14.2 Å². The van der Waals surface area contributed by atoms with Crippen LogP contribution in [0.2, 0.25) is 0 Å². The zero-order valence-corrected chi connectivity index (χ0v) is 6.21. The molecule has 0 rings (SSSR count). The topological polar surface area (TPSA) is 52.6 Å². The fraction of sp³-hybridized carbons (Fsp3) is 0.667. The highest BCUT2D eigenvalue weighted by Gasteiger charge is 2.20. The molecule has 58 valence electrons. The zero-order valence-electron chi connectivity index (χ0n) is 6.21. The van der Waals surface area contributed by atoms with Crippen LogP contribution in [0.25, 0.3) is 0 Å². The third-order valence-corrected chi connectivity index (χ3v) is 1.11. The summed E-state index contributed by atoms with van der Waals surface area (Å²) in [5.74, 6) is -1.53. The number of hydrogen-bond donors (Lipinski definition) is 0. The van der Waals surface area contributed by atoms with E-state index in [2.05, 4.69) is 9.47 Å². The van der Waals surface area contributed by atoms with Gasteiger partial charge in [0.15, 0.2) is 0 Å². The molecular formula is C6H10O4. The number of carbonyl (C=O) groups is 2. The maximum atomic E-state index is 10.7. The van der Waals surface area contributed by atoms with Gasteiger partial charge in [0.25, 0.3) is 5.78 Å². The van der Waals surface area contributed by atoms with Crippen LogP contribution in [0.15, 0.2) is 0 Å². The second-order valence-corrected chi connectivity index (χ2v) is 1.73. The van der Waals surface area contributed by atoms with Gasteiger partial charge < -0.3 is 9.47 Å². The lowest BCUT2D eigenvalue weighted by Gasteiger charge is -2.04. The predicted molar refractivity (Wildman–Crippen MR) is 33.5 cm³/mol. The minimum Gasteiger partial charge on any atom is -0.463 e. The molecule has 0 radical (unpaired) electrons. The van der Waals surface area contributed by atoms with Crippen LogP contribution in [-0.4, -0.2) is 32.1 Å². The van der Waals surface area contributed by atoms with E-state index in [9.17, 15) is 9.59 Å². The summed E-state index contributed by atoms with van der Waals surface area (Å²) < 4.78 is 8.75. The summed E-state index contributed by atoms with van der Waals surface area (Å²) in [7, 11) is 2.51. The molecule has 0 saturated carbocycles. The molecular weight excluding hydrogens is 136 g/mol. The molecule has 0 bridgehead atoms. The Morgan fingerprint density at radius 3 is 2.10 bits per heavy atom. The molecule has 0 heterocycles. The summed E-state index contributed by atoms with van der Waals surface area (Å²) in [6, 6.07) is 0. The first-order valence-electron chi connectivity index (χ1n) is 2.78. The van der Waals surface area contributed by atoms with Crippen molar-refractivity contribution in [2.45, 2.75) is 13.0 Å². The lowest BCUT2D eigenvalue weighted by molar-refractivity contribution is -0.155. The Labute approximate surface area is 59.1 Å².